The average Bonchev–Trinajstić information content (AvgIpc) is 2.87. The van der Waals surface area contributed by atoms with E-state index < -0.39 is 0 Å². The summed E-state index contributed by atoms with van der Waals surface area (Å²) >= 11 is 0. The van der Waals surface area contributed by atoms with Crippen LogP contribution in [-0.2, 0) is 16.0 Å². The second kappa shape index (κ2) is 17.8. The average molecular weight is 485 g/mol. The number of unbranched alkanes of at least 4 members (excludes halogenated alkanes) is 7. The summed E-state index contributed by atoms with van der Waals surface area (Å²) in [5.74, 6) is 1.88. The number of esters is 1. The Labute approximate surface area is 212 Å². The molecule has 0 saturated carbocycles. The zero-order valence-electron chi connectivity index (χ0n) is 21.9. The standard InChI is InChI=1S/C30H44O5/c1-4-6-7-8-9-10-11-12-23-33-27-16-13-26(14-17-27)15-22-30(31)35-29-20-18-28(19-21-29)34-24-25(3)32-5-2/h13-14,16-21,25H,4-12,15,22-24H2,1-3H3. The maximum absolute atomic E-state index is 12.2. The van der Waals surface area contributed by atoms with Crippen molar-refractivity contribution in [1.82, 2.24) is 0 Å². The predicted octanol–water partition coefficient (Wildman–Crippen LogP) is 7.55. The minimum atomic E-state index is -0.251. The van der Waals surface area contributed by atoms with Crippen molar-refractivity contribution in [2.45, 2.75) is 91.1 Å². The summed E-state index contributed by atoms with van der Waals surface area (Å²) in [6.07, 6.45) is 11.4. The summed E-state index contributed by atoms with van der Waals surface area (Å²) < 4.78 is 22.4. The van der Waals surface area contributed by atoms with E-state index >= 15 is 0 Å². The van der Waals surface area contributed by atoms with E-state index in [0.717, 1.165) is 30.1 Å². The highest BCUT2D eigenvalue weighted by Gasteiger charge is 2.07. The van der Waals surface area contributed by atoms with Gasteiger partial charge in [0, 0.05) is 13.0 Å². The lowest BCUT2D eigenvalue weighted by Gasteiger charge is -2.13. The molecule has 0 aliphatic carbocycles. The molecule has 2 rings (SSSR count). The lowest BCUT2D eigenvalue weighted by atomic mass is 10.1. The van der Waals surface area contributed by atoms with Crippen molar-refractivity contribution in [2.75, 3.05) is 19.8 Å². The molecule has 0 aliphatic heterocycles. The van der Waals surface area contributed by atoms with E-state index in [0.29, 0.717) is 31.8 Å². The van der Waals surface area contributed by atoms with Gasteiger partial charge in [-0.2, -0.15) is 0 Å². The second-order valence-electron chi connectivity index (χ2n) is 8.99. The van der Waals surface area contributed by atoms with E-state index in [-0.39, 0.29) is 12.1 Å². The van der Waals surface area contributed by atoms with Crippen LogP contribution in [-0.4, -0.2) is 31.9 Å². The maximum atomic E-state index is 12.2. The normalized spacial score (nSPS) is 11.7. The summed E-state index contributed by atoms with van der Waals surface area (Å²) in [5.41, 5.74) is 1.09. The Balaban J connectivity index is 1.59. The van der Waals surface area contributed by atoms with Gasteiger partial charge in [0.1, 0.15) is 23.9 Å². The van der Waals surface area contributed by atoms with E-state index in [1.54, 1.807) is 24.3 Å². The third kappa shape index (κ3) is 13.2. The summed E-state index contributed by atoms with van der Waals surface area (Å²) in [4.78, 5) is 12.2. The molecule has 2 aromatic carbocycles. The Morgan fingerprint density at radius 3 is 1.97 bits per heavy atom. The Bertz CT molecular complexity index is 801. The number of hydrogen-bond donors (Lipinski definition) is 0. The van der Waals surface area contributed by atoms with Crippen molar-refractivity contribution in [2.24, 2.45) is 0 Å². The Morgan fingerprint density at radius 1 is 0.743 bits per heavy atom. The molecule has 0 aliphatic rings. The summed E-state index contributed by atoms with van der Waals surface area (Å²) in [5, 5.41) is 0. The number of hydrogen-bond acceptors (Lipinski definition) is 5. The van der Waals surface area contributed by atoms with Crippen LogP contribution in [0.2, 0.25) is 0 Å². The van der Waals surface area contributed by atoms with Crippen molar-refractivity contribution in [3.05, 3.63) is 54.1 Å². The van der Waals surface area contributed by atoms with E-state index in [4.69, 9.17) is 18.9 Å². The molecular formula is C30H44O5. The number of carbonyl (C=O) groups is 1. The van der Waals surface area contributed by atoms with Gasteiger partial charge in [0.15, 0.2) is 0 Å². The Morgan fingerprint density at radius 2 is 1.31 bits per heavy atom. The van der Waals surface area contributed by atoms with Gasteiger partial charge in [0.05, 0.1) is 12.7 Å². The third-order valence-electron chi connectivity index (χ3n) is 5.80. The van der Waals surface area contributed by atoms with Crippen molar-refractivity contribution >= 4 is 5.97 Å². The Hall–Kier alpha value is -2.53. The van der Waals surface area contributed by atoms with Crippen LogP contribution in [0.25, 0.3) is 0 Å². The molecule has 1 unspecified atom stereocenters. The van der Waals surface area contributed by atoms with Gasteiger partial charge in [-0.3, -0.25) is 4.79 Å². The molecule has 0 aromatic heterocycles. The van der Waals surface area contributed by atoms with Crippen LogP contribution >= 0.6 is 0 Å². The van der Waals surface area contributed by atoms with E-state index in [1.807, 2.05) is 38.1 Å². The number of benzene rings is 2. The van der Waals surface area contributed by atoms with Crippen LogP contribution in [0.3, 0.4) is 0 Å². The molecule has 0 radical (unpaired) electrons. The molecule has 0 saturated heterocycles. The van der Waals surface area contributed by atoms with Crippen LogP contribution < -0.4 is 14.2 Å². The second-order valence-corrected chi connectivity index (χ2v) is 8.99. The molecule has 35 heavy (non-hydrogen) atoms. The van der Waals surface area contributed by atoms with Gasteiger partial charge in [-0.15, -0.1) is 0 Å². The monoisotopic (exact) mass is 484 g/mol. The predicted molar refractivity (Wildman–Crippen MR) is 142 cm³/mol. The quantitative estimate of drug-likeness (QED) is 0.117. The van der Waals surface area contributed by atoms with E-state index in [2.05, 4.69) is 6.92 Å². The topological polar surface area (TPSA) is 54.0 Å². The van der Waals surface area contributed by atoms with Gasteiger partial charge in [0.2, 0.25) is 0 Å². The highest BCUT2D eigenvalue weighted by Crippen LogP contribution is 2.19. The van der Waals surface area contributed by atoms with Crippen LogP contribution in [0.1, 0.15) is 84.1 Å². The molecule has 0 amide bonds. The zero-order chi connectivity index (χ0) is 25.1. The van der Waals surface area contributed by atoms with Gasteiger partial charge < -0.3 is 18.9 Å². The molecule has 5 heteroatoms. The lowest BCUT2D eigenvalue weighted by Crippen LogP contribution is -2.17. The summed E-state index contributed by atoms with van der Waals surface area (Å²) in [6.45, 7) is 8.09. The molecular weight excluding hydrogens is 440 g/mol. The molecule has 194 valence electrons. The fourth-order valence-electron chi connectivity index (χ4n) is 3.76. The molecule has 5 nitrogen and oxygen atoms in total. The minimum Gasteiger partial charge on any atom is -0.494 e. The largest absolute Gasteiger partial charge is 0.494 e. The van der Waals surface area contributed by atoms with Crippen LogP contribution in [0, 0.1) is 0 Å². The minimum absolute atomic E-state index is 0.0352. The lowest BCUT2D eigenvalue weighted by molar-refractivity contribution is -0.134. The fourth-order valence-corrected chi connectivity index (χ4v) is 3.76. The van der Waals surface area contributed by atoms with Crippen molar-refractivity contribution < 1.29 is 23.7 Å². The first kappa shape index (κ1) is 28.7. The molecule has 0 heterocycles. The maximum Gasteiger partial charge on any atom is 0.311 e. The van der Waals surface area contributed by atoms with Gasteiger partial charge >= 0.3 is 5.97 Å². The van der Waals surface area contributed by atoms with Crippen molar-refractivity contribution in [3.63, 3.8) is 0 Å². The number of carbonyl (C=O) groups excluding carboxylic acids is 1. The first-order valence-corrected chi connectivity index (χ1v) is 13.4. The fraction of sp³-hybridized carbons (Fsp3) is 0.567. The SMILES string of the molecule is CCCCCCCCCCOc1ccc(CCC(=O)Oc2ccc(OCC(C)OCC)cc2)cc1. The molecule has 0 N–H and O–H groups in total. The van der Waals surface area contributed by atoms with E-state index in [9.17, 15) is 4.79 Å². The zero-order valence-corrected chi connectivity index (χ0v) is 21.9. The van der Waals surface area contributed by atoms with Crippen molar-refractivity contribution in [1.29, 1.82) is 0 Å². The highest BCUT2D eigenvalue weighted by molar-refractivity contribution is 5.72. The molecule has 1 atom stereocenters. The van der Waals surface area contributed by atoms with Gasteiger partial charge in [0.25, 0.3) is 0 Å². The van der Waals surface area contributed by atoms with E-state index in [1.165, 1.54) is 44.9 Å². The summed E-state index contributed by atoms with van der Waals surface area (Å²) in [7, 11) is 0. The van der Waals surface area contributed by atoms with Crippen LogP contribution in [0.4, 0.5) is 0 Å². The van der Waals surface area contributed by atoms with Gasteiger partial charge in [-0.25, -0.2) is 0 Å². The smallest absolute Gasteiger partial charge is 0.311 e. The van der Waals surface area contributed by atoms with Crippen LogP contribution in [0.5, 0.6) is 17.2 Å². The first-order chi connectivity index (χ1) is 17.1. The Kier molecular flexibility index (Phi) is 14.6. The third-order valence-corrected chi connectivity index (χ3v) is 5.80. The van der Waals surface area contributed by atoms with Gasteiger partial charge in [-0.1, -0.05) is 64.0 Å². The number of aryl methyl sites for hydroxylation is 1. The van der Waals surface area contributed by atoms with Gasteiger partial charge in [-0.05, 0) is 68.7 Å². The molecule has 2 aromatic rings. The number of ether oxygens (including phenoxy) is 4. The van der Waals surface area contributed by atoms with Crippen molar-refractivity contribution in [3.8, 4) is 17.2 Å². The summed E-state index contributed by atoms with van der Waals surface area (Å²) in [6, 6.07) is 15.1. The molecule has 0 spiro atoms. The number of rotatable bonds is 19. The molecule has 0 bridgehead atoms. The highest BCUT2D eigenvalue weighted by atomic mass is 16.5. The van der Waals surface area contributed by atoms with Crippen LogP contribution in [0.15, 0.2) is 48.5 Å². The molecule has 0 fully saturated rings. The first-order valence-electron chi connectivity index (χ1n) is 13.4.